The average molecular weight is 346 g/mol. The zero-order valence-electron chi connectivity index (χ0n) is 13.1. The van der Waals surface area contributed by atoms with Crippen molar-refractivity contribution in [2.75, 3.05) is 25.1 Å². The Balaban J connectivity index is 1.75. The molecule has 2 amide bonds. The van der Waals surface area contributed by atoms with Gasteiger partial charge in [-0.1, -0.05) is 18.2 Å². The molecule has 0 spiro atoms. The molecule has 1 saturated carbocycles. The van der Waals surface area contributed by atoms with Crippen LogP contribution in [-0.2, 0) is 11.2 Å². The van der Waals surface area contributed by atoms with Gasteiger partial charge in [0.2, 0.25) is 0 Å². The van der Waals surface area contributed by atoms with E-state index in [-0.39, 0.29) is 24.4 Å². The van der Waals surface area contributed by atoms with Crippen LogP contribution < -0.4 is 10.6 Å². The van der Waals surface area contributed by atoms with Gasteiger partial charge in [0.15, 0.2) is 0 Å². The fourth-order valence-electron chi connectivity index (χ4n) is 2.10. The lowest BCUT2D eigenvalue weighted by Gasteiger charge is -2.15. The van der Waals surface area contributed by atoms with Crippen LogP contribution >= 0.6 is 0 Å². The van der Waals surface area contributed by atoms with Crippen molar-refractivity contribution in [3.05, 3.63) is 29.8 Å². The lowest BCUT2D eigenvalue weighted by molar-refractivity contribution is -0.127. The fourth-order valence-corrected chi connectivity index (χ4v) is 2.10. The summed E-state index contributed by atoms with van der Waals surface area (Å²) in [5, 5.41) is 14.5. The summed E-state index contributed by atoms with van der Waals surface area (Å²) in [6, 6.07) is 5.05. The van der Waals surface area contributed by atoms with E-state index in [0.717, 1.165) is 12.8 Å². The molecule has 5 nitrogen and oxygen atoms in total. The fraction of sp³-hybridized carbons (Fsp3) is 0.562. The van der Waals surface area contributed by atoms with Crippen molar-refractivity contribution in [1.29, 1.82) is 0 Å². The molecule has 134 valence electrons. The van der Waals surface area contributed by atoms with E-state index in [4.69, 9.17) is 4.74 Å². The Kier molecular flexibility index (Phi) is 6.44. The molecular formula is C16H21F3N2O3. The number of benzene rings is 1. The number of carbonyl (C=O) groups excluding carboxylic acids is 1. The van der Waals surface area contributed by atoms with Crippen LogP contribution in [0.3, 0.4) is 0 Å². The number of anilines is 1. The molecule has 2 rings (SSSR count). The predicted molar refractivity (Wildman–Crippen MR) is 82.8 cm³/mol. The quantitative estimate of drug-likeness (QED) is 0.678. The van der Waals surface area contributed by atoms with E-state index in [2.05, 4.69) is 10.6 Å². The third kappa shape index (κ3) is 7.18. The Hall–Kier alpha value is -1.80. The molecule has 1 atom stereocenters. The number of alkyl halides is 3. The number of carbonyl (C=O) groups is 1. The third-order valence-electron chi connectivity index (χ3n) is 3.52. The maximum Gasteiger partial charge on any atom is 0.393 e. The lowest BCUT2D eigenvalue weighted by atomic mass is 10.1. The molecule has 1 aromatic carbocycles. The van der Waals surface area contributed by atoms with Gasteiger partial charge in [-0.3, -0.25) is 0 Å². The molecule has 0 saturated heterocycles. The first kappa shape index (κ1) is 18.5. The second-order valence-corrected chi connectivity index (χ2v) is 5.92. The molecule has 1 fully saturated rings. The van der Waals surface area contributed by atoms with Crippen LogP contribution in [0.1, 0.15) is 18.4 Å². The number of rotatable bonds is 8. The van der Waals surface area contributed by atoms with E-state index in [0.29, 0.717) is 12.5 Å². The van der Waals surface area contributed by atoms with Crippen molar-refractivity contribution < 1.29 is 27.8 Å². The first-order chi connectivity index (χ1) is 11.3. The van der Waals surface area contributed by atoms with Crippen LogP contribution in [-0.4, -0.2) is 43.2 Å². The maximum atomic E-state index is 12.5. The highest BCUT2D eigenvalue weighted by Crippen LogP contribution is 2.28. The molecule has 0 aromatic heterocycles. The summed E-state index contributed by atoms with van der Waals surface area (Å²) in [4.78, 5) is 11.8. The number of aliphatic hydroxyl groups excluding tert-OH is 1. The van der Waals surface area contributed by atoms with Crippen LogP contribution in [0.5, 0.6) is 0 Å². The monoisotopic (exact) mass is 346 g/mol. The minimum atomic E-state index is -4.36. The maximum absolute atomic E-state index is 12.5. The van der Waals surface area contributed by atoms with Crippen LogP contribution in [0.25, 0.3) is 0 Å². The van der Waals surface area contributed by atoms with Gasteiger partial charge in [0, 0.05) is 18.8 Å². The van der Waals surface area contributed by atoms with E-state index < -0.39 is 24.7 Å². The number of hydrogen-bond donors (Lipinski definition) is 3. The van der Waals surface area contributed by atoms with Crippen LogP contribution in [0.2, 0.25) is 0 Å². The highest BCUT2D eigenvalue weighted by Gasteiger charge is 2.29. The largest absolute Gasteiger partial charge is 0.393 e. The Morgan fingerprint density at radius 2 is 2.04 bits per heavy atom. The second kappa shape index (κ2) is 8.34. The van der Waals surface area contributed by atoms with Gasteiger partial charge in [-0.2, -0.15) is 13.2 Å². The number of nitrogens with one attached hydrogen (secondary N) is 2. The highest BCUT2D eigenvalue weighted by molar-refractivity contribution is 5.90. The van der Waals surface area contributed by atoms with Gasteiger partial charge < -0.3 is 20.5 Å². The van der Waals surface area contributed by atoms with Crippen LogP contribution in [0.4, 0.5) is 23.7 Å². The third-order valence-corrected chi connectivity index (χ3v) is 3.52. The highest BCUT2D eigenvalue weighted by atomic mass is 19.4. The van der Waals surface area contributed by atoms with Gasteiger partial charge in [-0.05, 0) is 30.4 Å². The summed E-state index contributed by atoms with van der Waals surface area (Å²) in [6.07, 6.45) is -4.05. The van der Waals surface area contributed by atoms with E-state index in [9.17, 15) is 23.1 Å². The van der Waals surface area contributed by atoms with Crippen molar-refractivity contribution in [1.82, 2.24) is 5.32 Å². The zero-order chi connectivity index (χ0) is 17.6. The van der Waals surface area contributed by atoms with E-state index in [1.165, 1.54) is 24.3 Å². The van der Waals surface area contributed by atoms with Crippen LogP contribution in [0, 0.1) is 5.92 Å². The van der Waals surface area contributed by atoms with Crippen molar-refractivity contribution in [3.8, 4) is 0 Å². The minimum absolute atomic E-state index is 0.0199. The smallest absolute Gasteiger partial charge is 0.389 e. The summed E-state index contributed by atoms with van der Waals surface area (Å²) >= 11 is 0. The van der Waals surface area contributed by atoms with Gasteiger partial charge in [0.25, 0.3) is 0 Å². The van der Waals surface area contributed by atoms with Gasteiger partial charge >= 0.3 is 12.2 Å². The predicted octanol–water partition coefficient (Wildman–Crippen LogP) is 2.70. The summed E-state index contributed by atoms with van der Waals surface area (Å²) in [7, 11) is 0. The average Bonchev–Trinajstić information content (AvgIpc) is 3.30. The van der Waals surface area contributed by atoms with Gasteiger partial charge in [0.05, 0.1) is 19.1 Å². The molecule has 1 unspecified atom stereocenters. The Bertz CT molecular complexity index is 548. The summed E-state index contributed by atoms with van der Waals surface area (Å²) < 4.78 is 42.8. The molecule has 1 aromatic rings. The SMILES string of the molecule is O=C(NCC(O)COCC1CC1)Nc1ccccc1CC(F)(F)F. The molecule has 0 aliphatic heterocycles. The van der Waals surface area contributed by atoms with Crippen molar-refractivity contribution >= 4 is 11.7 Å². The standard InChI is InChI=1S/C16H21F3N2O3/c17-16(18,19)7-12-3-1-2-4-14(12)21-15(23)20-8-13(22)10-24-9-11-5-6-11/h1-4,11,13,22H,5-10H2,(H2,20,21,23). The number of ether oxygens (including phenoxy) is 1. The van der Waals surface area contributed by atoms with E-state index in [1.54, 1.807) is 0 Å². The first-order valence-electron chi connectivity index (χ1n) is 7.79. The Morgan fingerprint density at radius 3 is 2.71 bits per heavy atom. The minimum Gasteiger partial charge on any atom is -0.389 e. The lowest BCUT2D eigenvalue weighted by Crippen LogP contribution is -2.37. The second-order valence-electron chi connectivity index (χ2n) is 5.92. The molecule has 0 bridgehead atoms. The van der Waals surface area contributed by atoms with Crippen molar-refractivity contribution in [2.45, 2.75) is 31.5 Å². The molecule has 1 aliphatic rings. The first-order valence-corrected chi connectivity index (χ1v) is 7.79. The van der Waals surface area contributed by atoms with Gasteiger partial charge in [-0.25, -0.2) is 4.79 Å². The van der Waals surface area contributed by atoms with Gasteiger partial charge in [0.1, 0.15) is 0 Å². The number of halogens is 3. The summed E-state index contributed by atoms with van der Waals surface area (Å²) in [5.74, 6) is 0.582. The van der Waals surface area contributed by atoms with E-state index in [1.807, 2.05) is 0 Å². The molecule has 0 radical (unpaired) electrons. The zero-order valence-corrected chi connectivity index (χ0v) is 13.1. The molecule has 0 heterocycles. The number of para-hydroxylation sites is 1. The van der Waals surface area contributed by atoms with Crippen LogP contribution in [0.15, 0.2) is 24.3 Å². The number of urea groups is 1. The van der Waals surface area contributed by atoms with Crippen molar-refractivity contribution in [3.63, 3.8) is 0 Å². The number of hydrogen-bond acceptors (Lipinski definition) is 3. The molecule has 8 heteroatoms. The van der Waals surface area contributed by atoms with E-state index >= 15 is 0 Å². The number of aliphatic hydroxyl groups is 1. The Morgan fingerprint density at radius 1 is 1.33 bits per heavy atom. The number of amides is 2. The topological polar surface area (TPSA) is 70.6 Å². The molecule has 24 heavy (non-hydrogen) atoms. The normalized spacial score (nSPS) is 15.8. The van der Waals surface area contributed by atoms with Crippen molar-refractivity contribution in [2.24, 2.45) is 5.92 Å². The molecule has 3 N–H and O–H groups in total. The Labute approximate surface area is 138 Å². The summed E-state index contributed by atoms with van der Waals surface area (Å²) in [6.45, 7) is 0.674. The van der Waals surface area contributed by atoms with Gasteiger partial charge in [-0.15, -0.1) is 0 Å². The molecule has 1 aliphatic carbocycles. The summed E-state index contributed by atoms with van der Waals surface area (Å²) in [5.41, 5.74) is 0.0697. The molecular weight excluding hydrogens is 325 g/mol.